The van der Waals surface area contributed by atoms with Gasteiger partial charge in [0.1, 0.15) is 0 Å². The molecule has 2 aromatic rings. The third-order valence-electron chi connectivity index (χ3n) is 4.97. The second-order valence-electron chi connectivity index (χ2n) is 7.22. The summed E-state index contributed by atoms with van der Waals surface area (Å²) in [5.74, 6) is -0.285. The van der Waals surface area contributed by atoms with E-state index in [4.69, 9.17) is 5.26 Å². The first-order valence-electron chi connectivity index (χ1n) is 9.03. The van der Waals surface area contributed by atoms with Crippen molar-refractivity contribution in [2.24, 2.45) is 5.92 Å². The van der Waals surface area contributed by atoms with Crippen molar-refractivity contribution in [1.29, 1.82) is 5.26 Å². The molecule has 0 saturated carbocycles. The number of nitrogens with one attached hydrogen (secondary N) is 1. The highest BCUT2D eigenvalue weighted by atomic mass is 16.2. The fraction of sp³-hybridized carbons (Fsp3) is 0.318. The van der Waals surface area contributed by atoms with E-state index in [1.54, 1.807) is 17.0 Å². The molecule has 0 radical (unpaired) electrons. The molecular weight excluding hydrogens is 338 g/mol. The fourth-order valence-corrected chi connectivity index (χ4v) is 3.16. The standard InChI is InChI=1S/C22H23N3O2/c1-14-4-5-15(2)19(8-14)10-21(26)24-20-9-18(7-6-16(20)3)22(27)25-12-17(11-23)13-25/h4-9,17H,10,12-13H2,1-3H3,(H,24,26). The molecule has 0 unspecified atom stereocenters. The van der Waals surface area contributed by atoms with E-state index in [1.165, 1.54) is 0 Å². The molecule has 1 N–H and O–H groups in total. The normalized spacial score (nSPS) is 13.6. The summed E-state index contributed by atoms with van der Waals surface area (Å²) < 4.78 is 0. The molecule has 0 bridgehead atoms. The maximum atomic E-state index is 12.5. The number of carbonyl (C=O) groups is 2. The zero-order chi connectivity index (χ0) is 19.6. The van der Waals surface area contributed by atoms with Gasteiger partial charge in [-0.2, -0.15) is 5.26 Å². The summed E-state index contributed by atoms with van der Waals surface area (Å²) >= 11 is 0. The average Bonchev–Trinajstić information content (AvgIpc) is 2.59. The Kier molecular flexibility index (Phi) is 5.27. The quantitative estimate of drug-likeness (QED) is 0.907. The molecule has 3 rings (SSSR count). The van der Waals surface area contributed by atoms with Gasteiger partial charge in [-0.05, 0) is 49.6 Å². The van der Waals surface area contributed by atoms with E-state index in [9.17, 15) is 9.59 Å². The lowest BCUT2D eigenvalue weighted by molar-refractivity contribution is -0.115. The minimum atomic E-state index is -0.107. The van der Waals surface area contributed by atoms with Crippen LogP contribution in [0.5, 0.6) is 0 Å². The summed E-state index contributed by atoms with van der Waals surface area (Å²) in [4.78, 5) is 26.7. The summed E-state index contributed by atoms with van der Waals surface area (Å²) in [7, 11) is 0. The van der Waals surface area contributed by atoms with Gasteiger partial charge in [0, 0.05) is 24.3 Å². The van der Waals surface area contributed by atoms with Crippen molar-refractivity contribution in [1.82, 2.24) is 4.90 Å². The van der Waals surface area contributed by atoms with E-state index in [1.807, 2.05) is 45.0 Å². The number of amides is 2. The molecule has 1 heterocycles. The second kappa shape index (κ2) is 7.63. The van der Waals surface area contributed by atoms with Crippen LogP contribution in [-0.2, 0) is 11.2 Å². The van der Waals surface area contributed by atoms with E-state index in [0.29, 0.717) is 30.8 Å². The van der Waals surface area contributed by atoms with Crippen molar-refractivity contribution in [2.45, 2.75) is 27.2 Å². The number of hydrogen-bond donors (Lipinski definition) is 1. The maximum absolute atomic E-state index is 12.5. The van der Waals surface area contributed by atoms with Crippen LogP contribution in [0.3, 0.4) is 0 Å². The van der Waals surface area contributed by atoms with Gasteiger partial charge in [-0.1, -0.05) is 29.8 Å². The van der Waals surface area contributed by atoms with Crippen LogP contribution in [0.15, 0.2) is 36.4 Å². The van der Waals surface area contributed by atoms with Gasteiger partial charge in [-0.3, -0.25) is 9.59 Å². The van der Waals surface area contributed by atoms with Crippen LogP contribution >= 0.6 is 0 Å². The minimum Gasteiger partial charge on any atom is -0.336 e. The van der Waals surface area contributed by atoms with Gasteiger partial charge >= 0.3 is 0 Å². The van der Waals surface area contributed by atoms with E-state index in [-0.39, 0.29) is 17.7 Å². The lowest BCUT2D eigenvalue weighted by Crippen LogP contribution is -2.49. The van der Waals surface area contributed by atoms with Gasteiger partial charge in [0.2, 0.25) is 5.91 Å². The van der Waals surface area contributed by atoms with Crippen molar-refractivity contribution in [3.63, 3.8) is 0 Å². The number of likely N-dealkylation sites (tertiary alicyclic amines) is 1. The van der Waals surface area contributed by atoms with E-state index in [2.05, 4.69) is 11.4 Å². The molecule has 0 spiro atoms. The molecule has 1 fully saturated rings. The Labute approximate surface area is 159 Å². The van der Waals surface area contributed by atoms with Crippen molar-refractivity contribution in [3.8, 4) is 6.07 Å². The maximum Gasteiger partial charge on any atom is 0.254 e. The molecule has 27 heavy (non-hydrogen) atoms. The average molecular weight is 361 g/mol. The third-order valence-corrected chi connectivity index (χ3v) is 4.97. The number of nitrogens with zero attached hydrogens (tertiary/aromatic N) is 2. The van der Waals surface area contributed by atoms with Crippen molar-refractivity contribution < 1.29 is 9.59 Å². The van der Waals surface area contributed by atoms with Crippen molar-refractivity contribution in [3.05, 3.63) is 64.2 Å². The summed E-state index contributed by atoms with van der Waals surface area (Å²) in [6.07, 6.45) is 0.293. The Hall–Kier alpha value is -3.13. The van der Waals surface area contributed by atoms with E-state index < -0.39 is 0 Å². The number of nitriles is 1. The zero-order valence-corrected chi connectivity index (χ0v) is 15.9. The predicted molar refractivity (Wildman–Crippen MR) is 104 cm³/mol. The fourth-order valence-electron chi connectivity index (χ4n) is 3.16. The van der Waals surface area contributed by atoms with Gasteiger partial charge in [0.25, 0.3) is 5.91 Å². The summed E-state index contributed by atoms with van der Waals surface area (Å²) in [6.45, 7) is 6.84. The Morgan fingerprint density at radius 2 is 1.81 bits per heavy atom. The highest BCUT2D eigenvalue weighted by Crippen LogP contribution is 2.22. The number of anilines is 1. The molecule has 2 amide bonds. The first kappa shape index (κ1) is 18.7. The first-order valence-corrected chi connectivity index (χ1v) is 9.03. The van der Waals surface area contributed by atoms with Crippen LogP contribution in [0.25, 0.3) is 0 Å². The summed E-state index contributed by atoms with van der Waals surface area (Å²) in [6, 6.07) is 13.6. The lowest BCUT2D eigenvalue weighted by atomic mass is 10.00. The van der Waals surface area contributed by atoms with Crippen molar-refractivity contribution >= 4 is 17.5 Å². The molecular formula is C22H23N3O2. The lowest BCUT2D eigenvalue weighted by Gasteiger charge is -2.35. The van der Waals surface area contributed by atoms with Crippen molar-refractivity contribution in [2.75, 3.05) is 18.4 Å². The Morgan fingerprint density at radius 3 is 2.52 bits per heavy atom. The molecule has 0 atom stereocenters. The van der Waals surface area contributed by atoms with Gasteiger partial charge in [0.15, 0.2) is 0 Å². The Bertz CT molecular complexity index is 937. The Morgan fingerprint density at radius 1 is 1.11 bits per heavy atom. The minimum absolute atomic E-state index is 0.0730. The van der Waals surface area contributed by atoms with Gasteiger partial charge in [-0.15, -0.1) is 0 Å². The third kappa shape index (κ3) is 4.17. The highest BCUT2D eigenvalue weighted by Gasteiger charge is 2.31. The smallest absolute Gasteiger partial charge is 0.254 e. The number of carbonyl (C=O) groups excluding carboxylic acids is 2. The van der Waals surface area contributed by atoms with Crippen LogP contribution in [0.1, 0.15) is 32.6 Å². The van der Waals surface area contributed by atoms with Crippen LogP contribution < -0.4 is 5.32 Å². The van der Waals surface area contributed by atoms with Crippen LogP contribution in [0.2, 0.25) is 0 Å². The molecule has 0 aliphatic carbocycles. The Balaban J connectivity index is 1.71. The number of hydrogen-bond acceptors (Lipinski definition) is 3. The second-order valence-corrected chi connectivity index (χ2v) is 7.22. The van der Waals surface area contributed by atoms with Crippen LogP contribution in [-0.4, -0.2) is 29.8 Å². The summed E-state index contributed by atoms with van der Waals surface area (Å²) in [5.41, 5.74) is 5.28. The van der Waals surface area contributed by atoms with Gasteiger partial charge < -0.3 is 10.2 Å². The SMILES string of the molecule is Cc1ccc(C)c(CC(=O)Nc2cc(C(=O)N3CC(C#N)C3)ccc2C)c1. The monoisotopic (exact) mass is 361 g/mol. The first-order chi connectivity index (χ1) is 12.9. The molecule has 1 aliphatic heterocycles. The predicted octanol–water partition coefficient (Wildman–Crippen LogP) is 3.39. The molecule has 5 nitrogen and oxygen atoms in total. The largest absolute Gasteiger partial charge is 0.336 e. The number of aryl methyl sites for hydroxylation is 3. The van der Waals surface area contributed by atoms with Crippen LogP contribution in [0.4, 0.5) is 5.69 Å². The molecule has 1 aliphatic rings. The molecule has 1 saturated heterocycles. The molecule has 2 aromatic carbocycles. The number of rotatable bonds is 4. The molecule has 5 heteroatoms. The van der Waals surface area contributed by atoms with E-state index >= 15 is 0 Å². The van der Waals surface area contributed by atoms with Crippen LogP contribution in [0, 0.1) is 38.0 Å². The van der Waals surface area contributed by atoms with Gasteiger partial charge in [0.05, 0.1) is 18.4 Å². The zero-order valence-electron chi connectivity index (χ0n) is 15.9. The topological polar surface area (TPSA) is 73.2 Å². The van der Waals surface area contributed by atoms with Gasteiger partial charge in [-0.25, -0.2) is 0 Å². The highest BCUT2D eigenvalue weighted by molar-refractivity contribution is 5.98. The number of benzene rings is 2. The molecule has 138 valence electrons. The summed E-state index contributed by atoms with van der Waals surface area (Å²) in [5, 5.41) is 11.8. The molecule has 0 aromatic heterocycles. The van der Waals surface area contributed by atoms with E-state index in [0.717, 1.165) is 22.3 Å².